The van der Waals surface area contributed by atoms with Crippen LogP contribution in [-0.4, -0.2) is 29.1 Å². The average Bonchev–Trinajstić information content (AvgIpc) is 2.98. The first kappa shape index (κ1) is 34.2. The van der Waals surface area contributed by atoms with Crippen molar-refractivity contribution in [2.45, 2.75) is 139 Å². The Kier molecular flexibility index (Phi) is 8.16. The van der Waals surface area contributed by atoms with Gasteiger partial charge in [0.15, 0.2) is 0 Å². The van der Waals surface area contributed by atoms with Gasteiger partial charge in [-0.2, -0.15) is 0 Å². The van der Waals surface area contributed by atoms with Crippen molar-refractivity contribution in [1.29, 1.82) is 0 Å². The Bertz CT molecular complexity index is 1490. The number of fused-ring (bicyclic) bond motifs is 7. The lowest BCUT2D eigenvalue weighted by Crippen LogP contribution is -2.65. The summed E-state index contributed by atoms with van der Waals surface area (Å²) < 4.78 is 11.8. The van der Waals surface area contributed by atoms with Gasteiger partial charge < -0.3 is 14.6 Å². The van der Waals surface area contributed by atoms with E-state index >= 15 is 0 Å². The van der Waals surface area contributed by atoms with Crippen LogP contribution in [0.4, 0.5) is 0 Å². The molecule has 0 saturated heterocycles. The summed E-state index contributed by atoms with van der Waals surface area (Å²) in [4.78, 5) is 38.4. The summed E-state index contributed by atoms with van der Waals surface area (Å²) in [6, 6.07) is 7.22. The number of carbonyl (C=O) groups is 3. The summed E-state index contributed by atoms with van der Waals surface area (Å²) in [6.45, 7) is 20.1. The van der Waals surface area contributed by atoms with Crippen molar-refractivity contribution in [2.24, 2.45) is 50.2 Å². The zero-order chi connectivity index (χ0) is 34.4. The van der Waals surface area contributed by atoms with Crippen LogP contribution in [0.5, 0.6) is 5.75 Å². The Morgan fingerprint density at radius 3 is 2.23 bits per heavy atom. The number of hydrogen-bond donors (Lipinski definition) is 1. The van der Waals surface area contributed by atoms with Crippen molar-refractivity contribution in [1.82, 2.24) is 0 Å². The van der Waals surface area contributed by atoms with Gasteiger partial charge in [0.2, 0.25) is 0 Å². The molecule has 0 heterocycles. The number of carbonyl (C=O) groups excluding carboxylic acids is 2. The predicted octanol–water partition coefficient (Wildman–Crippen LogP) is 9.51. The Hall–Kier alpha value is -2.63. The SMILES string of the molecule is CC(=O)Oc1ccccc1C(C)C(=O)O[C@H]1CC[C@]2(C)[C@H]3CC=C4[C@@H]5CC(C)(C)CC[C@]5(C(=O)O)CC[C@@]4(C)[C@]3(C)CC[C@H]2C1(C)C. The summed E-state index contributed by atoms with van der Waals surface area (Å²) in [5, 5.41) is 10.7. The fourth-order valence-corrected chi connectivity index (χ4v) is 12.3. The van der Waals surface area contributed by atoms with Crippen molar-refractivity contribution < 1.29 is 29.0 Å². The monoisotopic (exact) mass is 646 g/mol. The van der Waals surface area contributed by atoms with E-state index in [1.165, 1.54) is 12.5 Å². The van der Waals surface area contributed by atoms with Gasteiger partial charge >= 0.3 is 17.9 Å². The highest BCUT2D eigenvalue weighted by molar-refractivity contribution is 5.80. The summed E-state index contributed by atoms with van der Waals surface area (Å²) in [5.41, 5.74) is 1.62. The number of aliphatic carboxylic acids is 1. The topological polar surface area (TPSA) is 89.9 Å². The van der Waals surface area contributed by atoms with Crippen molar-refractivity contribution in [2.75, 3.05) is 0 Å². The lowest BCUT2D eigenvalue weighted by Gasteiger charge is -2.71. The van der Waals surface area contributed by atoms with E-state index in [0.717, 1.165) is 64.2 Å². The van der Waals surface area contributed by atoms with E-state index in [0.29, 0.717) is 23.1 Å². The molecule has 0 aromatic heterocycles. The molecule has 6 nitrogen and oxygen atoms in total. The summed E-state index contributed by atoms with van der Waals surface area (Å²) in [7, 11) is 0. The average molecular weight is 647 g/mol. The molecule has 47 heavy (non-hydrogen) atoms. The minimum Gasteiger partial charge on any atom is -0.481 e. The van der Waals surface area contributed by atoms with E-state index in [-0.39, 0.29) is 45.1 Å². The zero-order valence-electron chi connectivity index (χ0n) is 30.3. The van der Waals surface area contributed by atoms with Gasteiger partial charge in [0.05, 0.1) is 11.3 Å². The molecule has 0 radical (unpaired) electrons. The van der Waals surface area contributed by atoms with Crippen LogP contribution in [0.2, 0.25) is 0 Å². The third-order valence-electron chi connectivity index (χ3n) is 15.3. The van der Waals surface area contributed by atoms with Crippen LogP contribution in [-0.2, 0) is 19.1 Å². The fraction of sp³-hybridized carbons (Fsp3) is 0.732. The largest absolute Gasteiger partial charge is 0.481 e. The molecule has 4 saturated carbocycles. The van der Waals surface area contributed by atoms with Gasteiger partial charge in [-0.15, -0.1) is 0 Å². The molecule has 4 fully saturated rings. The number of hydrogen-bond acceptors (Lipinski definition) is 5. The van der Waals surface area contributed by atoms with Crippen LogP contribution in [0.15, 0.2) is 35.9 Å². The van der Waals surface area contributed by atoms with E-state index < -0.39 is 23.3 Å². The number of ether oxygens (including phenoxy) is 2. The number of allylic oxidation sites excluding steroid dienone is 2. The second-order valence-corrected chi connectivity index (χ2v) is 18.3. The Morgan fingerprint density at radius 2 is 1.55 bits per heavy atom. The lowest BCUT2D eigenvalue weighted by atomic mass is 9.33. The number of carboxylic acid groups (broad SMARTS) is 1. The molecule has 1 unspecified atom stereocenters. The first-order valence-corrected chi connectivity index (χ1v) is 18.2. The molecule has 1 N–H and O–H groups in total. The maximum atomic E-state index is 13.7. The molecule has 0 spiro atoms. The number of esters is 2. The Balaban J connectivity index is 1.27. The van der Waals surface area contributed by atoms with Crippen molar-refractivity contribution >= 4 is 17.9 Å². The van der Waals surface area contributed by atoms with E-state index in [1.807, 2.05) is 19.1 Å². The minimum absolute atomic E-state index is 0.0147. The standard InChI is InChI=1S/C41H58O6/c1-25(27-12-10-11-13-30(27)46-26(2)42)34(43)47-33-17-18-38(7)31(37(33,5)6)16-19-40(9)32(38)15-14-28-29-24-36(3,4)20-22-41(29,35(44)45)23-21-39(28,40)8/h10-14,25,29,31-33H,15-24H2,1-9H3,(H,44,45)/t25?,29-,31-,32+,33-,38-,39+,40+,41-/m0/s1. The van der Waals surface area contributed by atoms with Gasteiger partial charge in [-0.3, -0.25) is 14.4 Å². The first-order chi connectivity index (χ1) is 21.8. The second kappa shape index (κ2) is 11.2. The summed E-state index contributed by atoms with van der Waals surface area (Å²) in [5.74, 6) is -0.410. The smallest absolute Gasteiger partial charge is 0.313 e. The van der Waals surface area contributed by atoms with Gasteiger partial charge in [-0.1, -0.05) is 78.3 Å². The zero-order valence-corrected chi connectivity index (χ0v) is 30.3. The molecule has 5 aliphatic rings. The Morgan fingerprint density at radius 1 is 0.872 bits per heavy atom. The molecule has 6 heteroatoms. The highest BCUT2D eigenvalue weighted by atomic mass is 16.5. The molecule has 1 aromatic rings. The van der Waals surface area contributed by atoms with E-state index in [2.05, 4.69) is 54.5 Å². The maximum Gasteiger partial charge on any atom is 0.313 e. The molecule has 0 bridgehead atoms. The van der Waals surface area contributed by atoms with Crippen LogP contribution >= 0.6 is 0 Å². The molecule has 1 aromatic carbocycles. The van der Waals surface area contributed by atoms with Crippen LogP contribution in [0, 0.1) is 50.2 Å². The Labute approximate surface area is 282 Å². The van der Waals surface area contributed by atoms with Gasteiger partial charge in [0.1, 0.15) is 11.9 Å². The fourth-order valence-electron chi connectivity index (χ4n) is 12.3. The summed E-state index contributed by atoms with van der Waals surface area (Å²) >= 11 is 0. The van der Waals surface area contributed by atoms with E-state index in [1.54, 1.807) is 12.1 Å². The minimum atomic E-state index is -0.620. The molecule has 0 amide bonds. The molecular weight excluding hydrogens is 588 g/mol. The quantitative estimate of drug-likeness (QED) is 0.195. The third-order valence-corrected chi connectivity index (χ3v) is 15.3. The first-order valence-electron chi connectivity index (χ1n) is 18.2. The number of para-hydroxylation sites is 1. The van der Waals surface area contributed by atoms with Crippen molar-refractivity contribution in [3.05, 3.63) is 41.5 Å². The predicted molar refractivity (Wildman–Crippen MR) is 183 cm³/mol. The van der Waals surface area contributed by atoms with Gasteiger partial charge in [0, 0.05) is 17.9 Å². The van der Waals surface area contributed by atoms with Gasteiger partial charge in [0.25, 0.3) is 0 Å². The molecule has 9 atom stereocenters. The highest BCUT2D eigenvalue weighted by Gasteiger charge is 2.69. The van der Waals surface area contributed by atoms with Crippen molar-refractivity contribution in [3.8, 4) is 5.75 Å². The van der Waals surface area contributed by atoms with E-state index in [4.69, 9.17) is 9.47 Å². The highest BCUT2D eigenvalue weighted by Crippen LogP contribution is 2.76. The van der Waals surface area contributed by atoms with E-state index in [9.17, 15) is 19.5 Å². The molecule has 0 aliphatic heterocycles. The number of rotatable bonds is 5. The van der Waals surface area contributed by atoms with Gasteiger partial charge in [-0.05, 0) is 117 Å². The third kappa shape index (κ3) is 5.04. The lowest BCUT2D eigenvalue weighted by molar-refractivity contribution is -0.214. The number of carboxylic acids is 1. The molecular formula is C41H58O6. The second-order valence-electron chi connectivity index (χ2n) is 18.3. The van der Waals surface area contributed by atoms with Crippen LogP contribution in [0.1, 0.15) is 138 Å². The molecule has 5 aliphatic carbocycles. The molecule has 6 rings (SSSR count). The van der Waals surface area contributed by atoms with Crippen LogP contribution in [0.25, 0.3) is 0 Å². The normalized spacial score (nSPS) is 40.7. The molecule has 258 valence electrons. The number of benzene rings is 1. The van der Waals surface area contributed by atoms with Crippen LogP contribution < -0.4 is 4.74 Å². The van der Waals surface area contributed by atoms with Gasteiger partial charge in [-0.25, -0.2) is 0 Å². The van der Waals surface area contributed by atoms with Crippen molar-refractivity contribution in [3.63, 3.8) is 0 Å². The van der Waals surface area contributed by atoms with Crippen LogP contribution in [0.3, 0.4) is 0 Å². The summed E-state index contributed by atoms with van der Waals surface area (Å²) in [6.07, 6.45) is 11.8. The maximum absolute atomic E-state index is 13.7.